The van der Waals surface area contributed by atoms with Crippen molar-refractivity contribution in [2.24, 2.45) is 0 Å². The molecule has 3 rings (SSSR count). The minimum absolute atomic E-state index is 0.384. The summed E-state index contributed by atoms with van der Waals surface area (Å²) in [5, 5.41) is 8.58. The number of carboxylic acids is 1. The molecule has 20 heavy (non-hydrogen) atoms. The molecule has 0 atom stereocenters. The molecule has 1 heterocycles. The first-order chi connectivity index (χ1) is 9.72. The Morgan fingerprint density at radius 1 is 1.20 bits per heavy atom. The lowest BCUT2D eigenvalue weighted by atomic mass is 10.2. The third-order valence-electron chi connectivity index (χ3n) is 2.74. The van der Waals surface area contributed by atoms with Crippen LogP contribution in [0.25, 0.3) is 22.6 Å². The normalized spacial score (nSPS) is 10.6. The summed E-state index contributed by atoms with van der Waals surface area (Å²) in [6.45, 7) is -0.384. The lowest BCUT2D eigenvalue weighted by molar-refractivity contribution is -0.139. The predicted molar refractivity (Wildman–Crippen MR) is 72.6 cm³/mol. The number of oxazole rings is 1. The summed E-state index contributed by atoms with van der Waals surface area (Å²) < 4.78 is 10.8. The number of aromatic nitrogens is 1. The molecule has 0 bridgehead atoms. The number of fused-ring (bicyclic) bond motifs is 1. The van der Waals surface area contributed by atoms with E-state index in [1.54, 1.807) is 18.2 Å². The molecule has 0 saturated carbocycles. The van der Waals surface area contributed by atoms with Gasteiger partial charge in [0.2, 0.25) is 5.89 Å². The number of hydrogen-bond donors (Lipinski definition) is 1. The molecule has 3 aromatic rings. The molecule has 0 radical (unpaired) electrons. The Hall–Kier alpha value is -2.82. The van der Waals surface area contributed by atoms with E-state index in [9.17, 15) is 4.79 Å². The van der Waals surface area contributed by atoms with Crippen LogP contribution in [-0.2, 0) is 4.79 Å². The smallest absolute Gasteiger partial charge is 0.341 e. The van der Waals surface area contributed by atoms with Crippen molar-refractivity contribution < 1.29 is 19.1 Å². The van der Waals surface area contributed by atoms with Crippen molar-refractivity contribution in [2.45, 2.75) is 0 Å². The summed E-state index contributed by atoms with van der Waals surface area (Å²) in [6, 6.07) is 14.6. The van der Waals surface area contributed by atoms with Gasteiger partial charge in [-0.25, -0.2) is 9.78 Å². The van der Waals surface area contributed by atoms with Gasteiger partial charge in [-0.15, -0.1) is 0 Å². The van der Waals surface area contributed by atoms with Crippen LogP contribution in [0.3, 0.4) is 0 Å². The third-order valence-corrected chi connectivity index (χ3v) is 2.74. The molecule has 2 aromatic carbocycles. The van der Waals surface area contributed by atoms with Crippen LogP contribution in [0.4, 0.5) is 0 Å². The number of benzene rings is 2. The second kappa shape index (κ2) is 5.05. The van der Waals surface area contributed by atoms with E-state index >= 15 is 0 Å². The molecule has 5 heteroatoms. The molecule has 0 aliphatic carbocycles. The third kappa shape index (κ3) is 2.47. The van der Waals surface area contributed by atoms with Gasteiger partial charge in [-0.05, 0) is 24.3 Å². The van der Waals surface area contributed by atoms with Gasteiger partial charge in [0.1, 0.15) is 11.3 Å². The first-order valence-corrected chi connectivity index (χ1v) is 6.03. The molecule has 0 spiro atoms. The highest BCUT2D eigenvalue weighted by Gasteiger charge is 2.09. The largest absolute Gasteiger partial charge is 0.482 e. The minimum Gasteiger partial charge on any atom is -0.482 e. The summed E-state index contributed by atoms with van der Waals surface area (Å²) in [5.41, 5.74) is 2.15. The zero-order valence-electron chi connectivity index (χ0n) is 10.4. The first-order valence-electron chi connectivity index (χ1n) is 6.03. The molecule has 0 saturated heterocycles. The highest BCUT2D eigenvalue weighted by molar-refractivity contribution is 5.78. The highest BCUT2D eigenvalue weighted by atomic mass is 16.5. The van der Waals surface area contributed by atoms with E-state index in [2.05, 4.69) is 4.98 Å². The number of carboxylic acid groups (broad SMARTS) is 1. The standard InChI is InChI=1S/C15H11NO4/c17-14(18)9-19-11-6-7-12-13(8-11)20-15(16-12)10-4-2-1-3-5-10/h1-8H,9H2,(H,17,18). The molecule has 0 amide bonds. The second-order valence-electron chi connectivity index (χ2n) is 4.20. The molecule has 1 N–H and O–H groups in total. The predicted octanol–water partition coefficient (Wildman–Crippen LogP) is 2.96. The monoisotopic (exact) mass is 269 g/mol. The van der Waals surface area contributed by atoms with E-state index in [0.29, 0.717) is 22.7 Å². The zero-order valence-corrected chi connectivity index (χ0v) is 10.4. The van der Waals surface area contributed by atoms with Crippen LogP contribution in [0.5, 0.6) is 5.75 Å². The second-order valence-corrected chi connectivity index (χ2v) is 4.20. The maximum absolute atomic E-state index is 10.5. The van der Waals surface area contributed by atoms with Crippen LogP contribution in [0, 0.1) is 0 Å². The average Bonchev–Trinajstić information content (AvgIpc) is 2.89. The van der Waals surface area contributed by atoms with Gasteiger partial charge in [-0.3, -0.25) is 0 Å². The van der Waals surface area contributed by atoms with Crippen LogP contribution >= 0.6 is 0 Å². The minimum atomic E-state index is -1.02. The van der Waals surface area contributed by atoms with Gasteiger partial charge >= 0.3 is 5.97 Å². The SMILES string of the molecule is O=C(O)COc1ccc2nc(-c3ccccc3)oc2c1. The van der Waals surface area contributed by atoms with Crippen molar-refractivity contribution >= 4 is 17.1 Å². The van der Waals surface area contributed by atoms with Crippen LogP contribution in [0.1, 0.15) is 0 Å². The van der Waals surface area contributed by atoms with Gasteiger partial charge in [0.05, 0.1) is 0 Å². The van der Waals surface area contributed by atoms with Crippen molar-refractivity contribution in [2.75, 3.05) is 6.61 Å². The highest BCUT2D eigenvalue weighted by Crippen LogP contribution is 2.26. The number of rotatable bonds is 4. The molecule has 100 valence electrons. The molecule has 5 nitrogen and oxygen atoms in total. The van der Waals surface area contributed by atoms with E-state index in [0.717, 1.165) is 5.56 Å². The molecule has 1 aromatic heterocycles. The number of ether oxygens (including phenoxy) is 1. The Bertz CT molecular complexity index is 749. The Kier molecular flexibility index (Phi) is 3.09. The van der Waals surface area contributed by atoms with Gasteiger partial charge in [0, 0.05) is 11.6 Å². The summed E-state index contributed by atoms with van der Waals surface area (Å²) in [5.74, 6) is -0.0562. The van der Waals surface area contributed by atoms with Crippen LogP contribution in [0.15, 0.2) is 52.9 Å². The maximum Gasteiger partial charge on any atom is 0.341 e. The Morgan fingerprint density at radius 2 is 2.00 bits per heavy atom. The van der Waals surface area contributed by atoms with Gasteiger partial charge < -0.3 is 14.3 Å². The van der Waals surface area contributed by atoms with Gasteiger partial charge in [-0.2, -0.15) is 0 Å². The molecular formula is C15H11NO4. The molecule has 0 fully saturated rings. The van der Waals surface area contributed by atoms with Crippen LogP contribution in [-0.4, -0.2) is 22.7 Å². The van der Waals surface area contributed by atoms with E-state index in [4.69, 9.17) is 14.3 Å². The zero-order chi connectivity index (χ0) is 13.9. The fourth-order valence-corrected chi connectivity index (χ4v) is 1.84. The molecule has 0 unspecified atom stereocenters. The molecule has 0 aliphatic rings. The molecule has 0 aliphatic heterocycles. The average molecular weight is 269 g/mol. The lowest BCUT2D eigenvalue weighted by Gasteiger charge is -2.01. The van der Waals surface area contributed by atoms with Gasteiger partial charge in [0.15, 0.2) is 12.2 Å². The lowest BCUT2D eigenvalue weighted by Crippen LogP contribution is -2.09. The quantitative estimate of drug-likeness (QED) is 0.788. The number of aliphatic carboxylic acids is 1. The summed E-state index contributed by atoms with van der Waals surface area (Å²) >= 11 is 0. The van der Waals surface area contributed by atoms with Crippen molar-refractivity contribution in [3.8, 4) is 17.2 Å². The van der Waals surface area contributed by atoms with E-state index < -0.39 is 5.97 Å². The van der Waals surface area contributed by atoms with Crippen molar-refractivity contribution in [1.82, 2.24) is 4.98 Å². The van der Waals surface area contributed by atoms with E-state index in [-0.39, 0.29) is 6.61 Å². The molecular weight excluding hydrogens is 258 g/mol. The summed E-state index contributed by atoms with van der Waals surface area (Å²) in [4.78, 5) is 14.8. The fraction of sp³-hybridized carbons (Fsp3) is 0.0667. The number of carbonyl (C=O) groups is 1. The maximum atomic E-state index is 10.5. The Balaban J connectivity index is 1.93. The van der Waals surface area contributed by atoms with Crippen molar-refractivity contribution in [3.05, 3.63) is 48.5 Å². The fourth-order valence-electron chi connectivity index (χ4n) is 1.84. The van der Waals surface area contributed by atoms with E-state index in [1.807, 2.05) is 30.3 Å². The first kappa shape index (κ1) is 12.2. The van der Waals surface area contributed by atoms with Crippen molar-refractivity contribution in [3.63, 3.8) is 0 Å². The van der Waals surface area contributed by atoms with Gasteiger partial charge in [-0.1, -0.05) is 18.2 Å². The number of hydrogen-bond acceptors (Lipinski definition) is 4. The summed E-state index contributed by atoms with van der Waals surface area (Å²) in [7, 11) is 0. The summed E-state index contributed by atoms with van der Waals surface area (Å²) in [6.07, 6.45) is 0. The van der Waals surface area contributed by atoms with Crippen molar-refractivity contribution in [1.29, 1.82) is 0 Å². The van der Waals surface area contributed by atoms with Gasteiger partial charge in [0.25, 0.3) is 0 Å². The van der Waals surface area contributed by atoms with Crippen LogP contribution in [0.2, 0.25) is 0 Å². The van der Waals surface area contributed by atoms with E-state index in [1.165, 1.54) is 0 Å². The van der Waals surface area contributed by atoms with Crippen LogP contribution < -0.4 is 4.74 Å². The Morgan fingerprint density at radius 3 is 2.75 bits per heavy atom. The Labute approximate surface area is 114 Å². The number of nitrogens with zero attached hydrogens (tertiary/aromatic N) is 1. The topological polar surface area (TPSA) is 72.6 Å².